The van der Waals surface area contributed by atoms with E-state index in [1.165, 1.54) is 4.31 Å². The summed E-state index contributed by atoms with van der Waals surface area (Å²) in [6.45, 7) is 0.489. The SMILES string of the molecule is O=S1(=O)c2cccc3cccc(c23)N1CCCCCl. The average molecular weight is 296 g/mol. The van der Waals surface area contributed by atoms with Gasteiger partial charge in [-0.1, -0.05) is 24.3 Å². The van der Waals surface area contributed by atoms with Crippen molar-refractivity contribution in [3.05, 3.63) is 36.4 Å². The van der Waals surface area contributed by atoms with Crippen LogP contribution in [0.3, 0.4) is 0 Å². The average Bonchev–Trinajstić information content (AvgIpc) is 2.63. The molecule has 0 aromatic heterocycles. The predicted octanol–water partition coefficient (Wildman–Crippen LogP) is 3.37. The fourth-order valence-electron chi connectivity index (χ4n) is 2.55. The summed E-state index contributed by atoms with van der Waals surface area (Å²) in [5.74, 6) is 0.561. The maximum atomic E-state index is 12.6. The molecule has 2 aromatic carbocycles. The van der Waals surface area contributed by atoms with Crippen LogP contribution in [0, 0.1) is 0 Å². The van der Waals surface area contributed by atoms with E-state index in [1.807, 2.05) is 24.3 Å². The summed E-state index contributed by atoms with van der Waals surface area (Å²) in [5.41, 5.74) is 0.794. The smallest absolute Gasteiger partial charge is 0.265 e. The summed E-state index contributed by atoms with van der Waals surface area (Å²) >= 11 is 5.66. The number of alkyl halides is 1. The Morgan fingerprint density at radius 3 is 2.53 bits per heavy atom. The normalized spacial score (nSPS) is 16.2. The van der Waals surface area contributed by atoms with Crippen molar-refractivity contribution in [2.75, 3.05) is 16.7 Å². The third-order valence-electron chi connectivity index (χ3n) is 3.43. The van der Waals surface area contributed by atoms with Crippen LogP contribution in [0.1, 0.15) is 12.8 Å². The predicted molar refractivity (Wildman–Crippen MR) is 78.4 cm³/mol. The zero-order chi connectivity index (χ0) is 13.5. The monoisotopic (exact) mass is 295 g/mol. The van der Waals surface area contributed by atoms with E-state index in [1.54, 1.807) is 12.1 Å². The number of unbranched alkanes of at least 4 members (excludes halogenated alkanes) is 1. The summed E-state index contributed by atoms with van der Waals surface area (Å²) in [7, 11) is -3.39. The molecule has 0 saturated carbocycles. The standard InChI is InChI=1S/C14H14ClNO2S/c15-9-1-2-10-16-12-7-3-5-11-6-4-8-13(14(11)12)19(16,17)18/h3-8H,1-2,9-10H2. The highest BCUT2D eigenvalue weighted by atomic mass is 35.5. The Morgan fingerprint density at radius 1 is 1.05 bits per heavy atom. The fraction of sp³-hybridized carbons (Fsp3) is 0.286. The molecule has 1 aliphatic heterocycles. The van der Waals surface area contributed by atoms with Gasteiger partial charge in [0.05, 0.1) is 10.6 Å². The maximum absolute atomic E-state index is 12.6. The molecule has 0 radical (unpaired) electrons. The van der Waals surface area contributed by atoms with Gasteiger partial charge in [-0.3, -0.25) is 4.31 Å². The fourth-order valence-corrected chi connectivity index (χ4v) is 4.49. The summed E-state index contributed by atoms with van der Waals surface area (Å²) in [6.07, 6.45) is 1.59. The van der Waals surface area contributed by atoms with Crippen LogP contribution in [0.2, 0.25) is 0 Å². The van der Waals surface area contributed by atoms with Crippen molar-refractivity contribution >= 4 is 38.1 Å². The first-order chi connectivity index (χ1) is 9.16. The summed E-state index contributed by atoms with van der Waals surface area (Å²) < 4.78 is 26.6. The van der Waals surface area contributed by atoms with Crippen molar-refractivity contribution in [2.24, 2.45) is 0 Å². The van der Waals surface area contributed by atoms with Gasteiger partial charge in [0.2, 0.25) is 0 Å². The molecule has 0 bridgehead atoms. The first-order valence-electron chi connectivity index (χ1n) is 6.27. The summed E-state index contributed by atoms with van der Waals surface area (Å²) in [5, 5.41) is 1.81. The number of nitrogens with zero attached hydrogens (tertiary/aromatic N) is 1. The molecule has 0 saturated heterocycles. The van der Waals surface area contributed by atoms with Crippen molar-refractivity contribution in [1.82, 2.24) is 0 Å². The number of benzene rings is 2. The molecule has 3 rings (SSSR count). The highest BCUT2D eigenvalue weighted by molar-refractivity contribution is 7.93. The lowest BCUT2D eigenvalue weighted by Crippen LogP contribution is -2.28. The minimum Gasteiger partial charge on any atom is -0.266 e. The van der Waals surface area contributed by atoms with Gasteiger partial charge in [0.25, 0.3) is 10.0 Å². The van der Waals surface area contributed by atoms with Crippen molar-refractivity contribution in [1.29, 1.82) is 0 Å². The first kappa shape index (κ1) is 12.8. The Kier molecular flexibility index (Phi) is 3.15. The summed E-state index contributed by atoms with van der Waals surface area (Å²) in [4.78, 5) is 0.423. The summed E-state index contributed by atoms with van der Waals surface area (Å²) in [6, 6.07) is 11.1. The Morgan fingerprint density at radius 2 is 1.79 bits per heavy atom. The van der Waals surface area contributed by atoms with Crippen LogP contribution in [-0.2, 0) is 10.0 Å². The third-order valence-corrected chi connectivity index (χ3v) is 5.55. The van der Waals surface area contributed by atoms with Crippen LogP contribution in [0.15, 0.2) is 41.3 Å². The minimum absolute atomic E-state index is 0.423. The van der Waals surface area contributed by atoms with Crippen molar-refractivity contribution in [2.45, 2.75) is 17.7 Å². The molecule has 5 heteroatoms. The second kappa shape index (κ2) is 4.69. The second-order valence-corrected chi connectivity index (χ2v) is 6.81. The number of hydrogen-bond donors (Lipinski definition) is 0. The molecule has 3 nitrogen and oxygen atoms in total. The molecule has 2 aromatic rings. The Bertz CT molecular complexity index is 722. The molecule has 0 aliphatic carbocycles. The van der Waals surface area contributed by atoms with Crippen LogP contribution in [0.4, 0.5) is 5.69 Å². The molecule has 0 N–H and O–H groups in total. The largest absolute Gasteiger partial charge is 0.266 e. The van der Waals surface area contributed by atoms with Gasteiger partial charge in [0, 0.05) is 17.8 Å². The quantitative estimate of drug-likeness (QED) is 0.640. The molecule has 1 heterocycles. The number of halogens is 1. The number of sulfonamides is 1. The number of hydrogen-bond acceptors (Lipinski definition) is 2. The van der Waals surface area contributed by atoms with E-state index in [9.17, 15) is 8.42 Å². The molecule has 0 amide bonds. The lowest BCUT2D eigenvalue weighted by molar-refractivity contribution is 0.592. The molecule has 0 atom stereocenters. The molecule has 100 valence electrons. The number of rotatable bonds is 4. The van der Waals surface area contributed by atoms with E-state index in [2.05, 4.69) is 0 Å². The highest BCUT2D eigenvalue weighted by Crippen LogP contribution is 2.41. The molecular formula is C14H14ClNO2S. The van der Waals surface area contributed by atoms with Crippen LogP contribution in [0.25, 0.3) is 10.8 Å². The van der Waals surface area contributed by atoms with Gasteiger partial charge in [-0.15, -0.1) is 11.6 Å². The molecule has 19 heavy (non-hydrogen) atoms. The Hall–Kier alpha value is -1.26. The van der Waals surface area contributed by atoms with Crippen molar-refractivity contribution in [3.8, 4) is 0 Å². The lowest BCUT2D eigenvalue weighted by Gasteiger charge is -2.18. The Balaban J connectivity index is 2.13. The van der Waals surface area contributed by atoms with E-state index < -0.39 is 10.0 Å². The van der Waals surface area contributed by atoms with Crippen LogP contribution in [0.5, 0.6) is 0 Å². The van der Waals surface area contributed by atoms with Crippen LogP contribution < -0.4 is 4.31 Å². The van der Waals surface area contributed by atoms with Gasteiger partial charge in [-0.2, -0.15) is 0 Å². The lowest BCUT2D eigenvalue weighted by atomic mass is 10.1. The molecule has 0 spiro atoms. The third kappa shape index (κ3) is 1.90. The number of anilines is 1. The van der Waals surface area contributed by atoms with E-state index >= 15 is 0 Å². The first-order valence-corrected chi connectivity index (χ1v) is 8.24. The molecular weight excluding hydrogens is 282 g/mol. The maximum Gasteiger partial charge on any atom is 0.265 e. The van der Waals surface area contributed by atoms with E-state index in [4.69, 9.17) is 11.6 Å². The van der Waals surface area contributed by atoms with E-state index in [0.717, 1.165) is 29.3 Å². The van der Waals surface area contributed by atoms with Gasteiger partial charge < -0.3 is 0 Å². The second-order valence-electron chi connectivity index (χ2n) is 4.60. The zero-order valence-corrected chi connectivity index (χ0v) is 11.9. The van der Waals surface area contributed by atoms with Gasteiger partial charge in [-0.25, -0.2) is 8.42 Å². The molecule has 0 fully saturated rings. The van der Waals surface area contributed by atoms with Gasteiger partial charge in [0.15, 0.2) is 0 Å². The van der Waals surface area contributed by atoms with Gasteiger partial charge >= 0.3 is 0 Å². The highest BCUT2D eigenvalue weighted by Gasteiger charge is 2.34. The van der Waals surface area contributed by atoms with Crippen molar-refractivity contribution < 1.29 is 8.42 Å². The van der Waals surface area contributed by atoms with Crippen LogP contribution >= 0.6 is 11.6 Å². The van der Waals surface area contributed by atoms with E-state index in [0.29, 0.717) is 17.3 Å². The van der Waals surface area contributed by atoms with Gasteiger partial charge in [0.1, 0.15) is 0 Å². The van der Waals surface area contributed by atoms with Crippen LogP contribution in [-0.4, -0.2) is 20.8 Å². The van der Waals surface area contributed by atoms with Crippen molar-refractivity contribution in [3.63, 3.8) is 0 Å². The zero-order valence-electron chi connectivity index (χ0n) is 10.3. The van der Waals surface area contributed by atoms with Gasteiger partial charge in [-0.05, 0) is 30.4 Å². The van der Waals surface area contributed by atoms with E-state index in [-0.39, 0.29) is 0 Å². The topological polar surface area (TPSA) is 37.4 Å². The molecule has 0 unspecified atom stereocenters. The molecule has 1 aliphatic rings. The minimum atomic E-state index is -3.39. The Labute approximate surface area is 117 Å².